The van der Waals surface area contributed by atoms with E-state index in [0.717, 1.165) is 25.7 Å². The molecule has 0 bridgehead atoms. The number of alkyl halides is 1. The Kier molecular flexibility index (Phi) is 10.7. The first-order valence-corrected chi connectivity index (χ1v) is 12.6. The molecule has 0 aromatic rings. The van der Waals surface area contributed by atoms with Crippen molar-refractivity contribution in [2.75, 3.05) is 6.61 Å². The van der Waals surface area contributed by atoms with Crippen molar-refractivity contribution in [1.29, 1.82) is 0 Å². The molecule has 0 aliphatic heterocycles. The van der Waals surface area contributed by atoms with E-state index in [1.165, 1.54) is 32.1 Å². The molecular weight excluding hydrogens is 400 g/mol. The summed E-state index contributed by atoms with van der Waals surface area (Å²) in [5, 5.41) is 29.5. The minimum Gasteiger partial charge on any atom is -0.481 e. The number of carboxylic acid groups (broad SMARTS) is 1. The molecule has 2 aliphatic carbocycles. The predicted molar refractivity (Wildman–Crippen MR) is 123 cm³/mol. The zero-order chi connectivity index (χ0) is 22.1. The van der Waals surface area contributed by atoms with Crippen molar-refractivity contribution >= 4 is 17.6 Å². The van der Waals surface area contributed by atoms with E-state index in [-0.39, 0.29) is 36.3 Å². The van der Waals surface area contributed by atoms with Crippen molar-refractivity contribution in [3.63, 3.8) is 0 Å². The standard InChI is InChI=1S/C25H43ClO4/c1-3-13-25(14-8-15-25)19(17-27)12-11-18(2)24-20(21(26)16-22(24)28)9-6-4-5-7-10-23(29)30/h4,6,18-22,24,27-28H,3,5,7-17H2,1-2H3,(H,29,30)/b6-4-/t18?,19?,20-,21-,22+,24+/m0/s1. The number of aliphatic hydroxyl groups excluding tert-OH is 2. The molecule has 174 valence electrons. The second-order valence-corrected chi connectivity index (χ2v) is 10.5. The van der Waals surface area contributed by atoms with Crippen LogP contribution >= 0.6 is 11.6 Å². The van der Waals surface area contributed by atoms with Crippen molar-refractivity contribution in [3.8, 4) is 0 Å². The number of carbonyl (C=O) groups is 1. The second-order valence-electron chi connectivity index (χ2n) is 9.95. The van der Waals surface area contributed by atoms with Crippen molar-refractivity contribution in [2.45, 2.75) is 102 Å². The van der Waals surface area contributed by atoms with Crippen LogP contribution in [0.4, 0.5) is 0 Å². The van der Waals surface area contributed by atoms with Crippen molar-refractivity contribution < 1.29 is 20.1 Å². The molecule has 4 nitrogen and oxygen atoms in total. The predicted octanol–water partition coefficient (Wildman–Crippen LogP) is 5.79. The number of carboxylic acids is 1. The SMILES string of the molecule is CCCC1(C(CO)CCC(C)[C@@H]2[C@@H](C/C=C\CCCC(=O)O)[C@@H](Cl)C[C@H]2O)CCC1. The summed E-state index contributed by atoms with van der Waals surface area (Å²) in [6.45, 7) is 4.76. The lowest BCUT2D eigenvalue weighted by Gasteiger charge is -2.48. The number of aliphatic carboxylic acids is 1. The molecule has 2 fully saturated rings. The van der Waals surface area contributed by atoms with Gasteiger partial charge in [-0.3, -0.25) is 4.79 Å². The van der Waals surface area contributed by atoms with Crippen LogP contribution in [0.5, 0.6) is 0 Å². The summed E-state index contributed by atoms with van der Waals surface area (Å²) in [5.74, 6) is 0.460. The Labute approximate surface area is 188 Å². The lowest BCUT2D eigenvalue weighted by atomic mass is 9.57. The zero-order valence-corrected chi connectivity index (χ0v) is 19.7. The monoisotopic (exact) mass is 442 g/mol. The van der Waals surface area contributed by atoms with Gasteiger partial charge in [-0.15, -0.1) is 11.6 Å². The molecule has 2 saturated carbocycles. The van der Waals surface area contributed by atoms with Gasteiger partial charge in [0.25, 0.3) is 0 Å². The minimum atomic E-state index is -0.749. The Morgan fingerprint density at radius 3 is 2.57 bits per heavy atom. The van der Waals surface area contributed by atoms with E-state index in [1.54, 1.807) is 0 Å². The summed E-state index contributed by atoms with van der Waals surface area (Å²) in [4.78, 5) is 10.6. The average Bonchev–Trinajstić information content (AvgIpc) is 2.95. The molecule has 6 atom stereocenters. The highest BCUT2D eigenvalue weighted by Gasteiger charge is 2.45. The Hall–Kier alpha value is -0.580. The quantitative estimate of drug-likeness (QED) is 0.181. The maximum absolute atomic E-state index is 10.7. The number of rotatable bonds is 14. The number of unbranched alkanes of at least 4 members (excludes halogenated alkanes) is 1. The minimum absolute atomic E-state index is 0.0113. The van der Waals surface area contributed by atoms with E-state index in [4.69, 9.17) is 16.7 Å². The Bertz CT molecular complexity index is 545. The van der Waals surface area contributed by atoms with Gasteiger partial charge < -0.3 is 15.3 Å². The number of halogens is 1. The normalized spacial score (nSPS) is 30.3. The highest BCUT2D eigenvalue weighted by Crippen LogP contribution is 2.53. The Morgan fingerprint density at radius 2 is 2.00 bits per heavy atom. The molecule has 0 saturated heterocycles. The first-order chi connectivity index (χ1) is 14.3. The largest absolute Gasteiger partial charge is 0.481 e. The van der Waals surface area contributed by atoms with Crippen LogP contribution in [0, 0.1) is 29.1 Å². The third-order valence-corrected chi connectivity index (χ3v) is 8.52. The third kappa shape index (κ3) is 6.71. The fraction of sp³-hybridized carbons (Fsp3) is 0.880. The average molecular weight is 443 g/mol. The summed E-state index contributed by atoms with van der Waals surface area (Å²) in [6, 6.07) is 0. The molecule has 2 rings (SSSR count). The Balaban J connectivity index is 1.88. The third-order valence-electron chi connectivity index (χ3n) is 8.02. The maximum atomic E-state index is 10.7. The van der Waals surface area contributed by atoms with E-state index in [9.17, 15) is 15.0 Å². The lowest BCUT2D eigenvalue weighted by Crippen LogP contribution is -2.39. The molecule has 0 amide bonds. The van der Waals surface area contributed by atoms with E-state index in [2.05, 4.69) is 26.0 Å². The Morgan fingerprint density at radius 1 is 1.27 bits per heavy atom. The summed E-state index contributed by atoms with van der Waals surface area (Å²) in [5.41, 5.74) is 0.352. The van der Waals surface area contributed by atoms with Crippen LogP contribution < -0.4 is 0 Å². The van der Waals surface area contributed by atoms with Gasteiger partial charge in [0.1, 0.15) is 0 Å². The number of hydrogen-bond acceptors (Lipinski definition) is 3. The van der Waals surface area contributed by atoms with Gasteiger partial charge in [-0.25, -0.2) is 0 Å². The van der Waals surface area contributed by atoms with Crippen LogP contribution in [0.25, 0.3) is 0 Å². The molecule has 0 heterocycles. The van der Waals surface area contributed by atoms with E-state index in [1.807, 2.05) is 0 Å². The highest BCUT2D eigenvalue weighted by atomic mass is 35.5. The zero-order valence-electron chi connectivity index (χ0n) is 18.9. The second kappa shape index (κ2) is 12.5. The van der Waals surface area contributed by atoms with E-state index >= 15 is 0 Å². The van der Waals surface area contributed by atoms with Crippen LogP contribution in [0.15, 0.2) is 12.2 Å². The molecular formula is C25H43ClO4. The van der Waals surface area contributed by atoms with Crippen LogP contribution in [0.1, 0.15) is 90.9 Å². The van der Waals surface area contributed by atoms with Crippen molar-refractivity contribution in [2.24, 2.45) is 29.1 Å². The van der Waals surface area contributed by atoms with E-state index in [0.29, 0.717) is 30.1 Å². The lowest BCUT2D eigenvalue weighted by molar-refractivity contribution is -0.137. The summed E-state index contributed by atoms with van der Waals surface area (Å²) in [7, 11) is 0. The summed E-state index contributed by atoms with van der Waals surface area (Å²) < 4.78 is 0. The first kappa shape index (κ1) is 25.7. The van der Waals surface area contributed by atoms with Crippen LogP contribution in [0.3, 0.4) is 0 Å². The summed E-state index contributed by atoms with van der Waals surface area (Å²) in [6.07, 6.45) is 15.2. The molecule has 0 radical (unpaired) electrons. The summed E-state index contributed by atoms with van der Waals surface area (Å²) >= 11 is 6.62. The van der Waals surface area contributed by atoms with Crippen LogP contribution in [-0.4, -0.2) is 39.4 Å². The fourth-order valence-corrected chi connectivity index (χ4v) is 6.63. The smallest absolute Gasteiger partial charge is 0.303 e. The van der Waals surface area contributed by atoms with Gasteiger partial charge in [0.15, 0.2) is 0 Å². The first-order valence-electron chi connectivity index (χ1n) is 12.1. The molecule has 2 unspecified atom stereocenters. The molecule has 0 aromatic carbocycles. The molecule has 3 N–H and O–H groups in total. The highest BCUT2D eigenvalue weighted by molar-refractivity contribution is 6.21. The molecule has 5 heteroatoms. The maximum Gasteiger partial charge on any atom is 0.303 e. The van der Waals surface area contributed by atoms with Crippen LogP contribution in [-0.2, 0) is 4.79 Å². The van der Waals surface area contributed by atoms with Gasteiger partial charge in [0.2, 0.25) is 0 Å². The number of hydrogen-bond donors (Lipinski definition) is 3. The van der Waals surface area contributed by atoms with Gasteiger partial charge in [-0.2, -0.15) is 0 Å². The van der Waals surface area contributed by atoms with E-state index < -0.39 is 5.97 Å². The van der Waals surface area contributed by atoms with Gasteiger partial charge in [0, 0.05) is 18.4 Å². The number of aliphatic hydroxyl groups is 2. The van der Waals surface area contributed by atoms with Crippen molar-refractivity contribution in [1.82, 2.24) is 0 Å². The van der Waals surface area contributed by atoms with Crippen molar-refractivity contribution in [3.05, 3.63) is 12.2 Å². The molecule has 2 aliphatic rings. The molecule has 0 aromatic heterocycles. The van der Waals surface area contributed by atoms with Crippen LogP contribution in [0.2, 0.25) is 0 Å². The van der Waals surface area contributed by atoms with Gasteiger partial charge >= 0.3 is 5.97 Å². The van der Waals surface area contributed by atoms with Gasteiger partial charge in [-0.05, 0) is 86.9 Å². The number of allylic oxidation sites excluding steroid dienone is 2. The fourth-order valence-electron chi connectivity index (χ4n) is 6.18. The van der Waals surface area contributed by atoms with Gasteiger partial charge in [-0.1, -0.05) is 38.8 Å². The van der Waals surface area contributed by atoms with Gasteiger partial charge in [0.05, 0.1) is 6.10 Å². The molecule has 0 spiro atoms. The molecule has 30 heavy (non-hydrogen) atoms. The topological polar surface area (TPSA) is 77.8 Å².